The number of carbonyl (C=O) groups is 1. The van der Waals surface area contributed by atoms with Gasteiger partial charge >= 0.3 is 5.69 Å². The first-order valence-corrected chi connectivity index (χ1v) is 12.2. The molecule has 0 aliphatic carbocycles. The van der Waals surface area contributed by atoms with Crippen molar-refractivity contribution in [2.45, 2.75) is 25.4 Å². The summed E-state index contributed by atoms with van der Waals surface area (Å²) in [5.41, 5.74) is 3.08. The highest BCUT2D eigenvalue weighted by Gasteiger charge is 2.27. The molecule has 8 heteroatoms. The maximum Gasteiger partial charge on any atom is 0.326 e. The van der Waals surface area contributed by atoms with E-state index in [1.807, 2.05) is 45.9 Å². The second-order valence-electron chi connectivity index (χ2n) is 9.33. The van der Waals surface area contributed by atoms with Crippen molar-refractivity contribution >= 4 is 16.9 Å². The van der Waals surface area contributed by atoms with Gasteiger partial charge in [-0.05, 0) is 42.7 Å². The van der Waals surface area contributed by atoms with Crippen molar-refractivity contribution in [3.63, 3.8) is 0 Å². The van der Waals surface area contributed by atoms with Crippen LogP contribution < -0.4 is 10.4 Å². The monoisotopic (exact) mass is 463 g/mol. The molecule has 2 aliphatic rings. The number of nitrogens with zero attached hydrogens (tertiary/aromatic N) is 4. The lowest BCUT2D eigenvalue weighted by atomic mass is 10.0. The van der Waals surface area contributed by atoms with Crippen LogP contribution in [-0.4, -0.2) is 83.1 Å². The van der Waals surface area contributed by atoms with Gasteiger partial charge in [0.1, 0.15) is 5.75 Å². The lowest BCUT2D eigenvalue weighted by molar-refractivity contribution is -0.134. The number of nitrogens with one attached hydrogen (secondary N) is 1. The molecular formula is C26H33N5O3. The number of aromatic nitrogens is 2. The molecule has 5 rings (SSSR count). The SMILES string of the molecule is COc1ccc(CN2CCN(C(=O)CN3CCC(n4c(=O)[nH]c5ccccc54)CC3)CC2)cc1. The molecular weight excluding hydrogens is 430 g/mol. The van der Waals surface area contributed by atoms with E-state index in [0.717, 1.165) is 75.4 Å². The maximum absolute atomic E-state index is 12.9. The number of rotatable bonds is 6. The van der Waals surface area contributed by atoms with E-state index in [-0.39, 0.29) is 17.6 Å². The van der Waals surface area contributed by atoms with Crippen LogP contribution in [0.2, 0.25) is 0 Å². The Morgan fingerprint density at radius 3 is 2.35 bits per heavy atom. The zero-order valence-corrected chi connectivity index (χ0v) is 19.8. The molecule has 0 spiro atoms. The molecule has 0 bridgehead atoms. The summed E-state index contributed by atoms with van der Waals surface area (Å²) in [5, 5.41) is 0. The van der Waals surface area contributed by atoms with E-state index in [1.54, 1.807) is 7.11 Å². The van der Waals surface area contributed by atoms with Gasteiger partial charge in [-0.3, -0.25) is 19.2 Å². The summed E-state index contributed by atoms with van der Waals surface area (Å²) in [6.07, 6.45) is 1.76. The maximum atomic E-state index is 12.9. The van der Waals surface area contributed by atoms with Gasteiger partial charge in [-0.1, -0.05) is 24.3 Å². The molecule has 34 heavy (non-hydrogen) atoms. The molecule has 2 saturated heterocycles. The minimum absolute atomic E-state index is 0.0387. The highest BCUT2D eigenvalue weighted by molar-refractivity contribution is 5.78. The number of piperidine rings is 1. The van der Waals surface area contributed by atoms with Crippen molar-refractivity contribution in [3.05, 3.63) is 64.6 Å². The van der Waals surface area contributed by atoms with E-state index in [9.17, 15) is 9.59 Å². The van der Waals surface area contributed by atoms with Crippen LogP contribution in [0.4, 0.5) is 0 Å². The number of H-pyrrole nitrogens is 1. The summed E-state index contributed by atoms with van der Waals surface area (Å²) < 4.78 is 7.13. The van der Waals surface area contributed by atoms with Crippen molar-refractivity contribution in [3.8, 4) is 5.75 Å². The van der Waals surface area contributed by atoms with Crippen LogP contribution in [0.1, 0.15) is 24.4 Å². The third-order valence-corrected chi connectivity index (χ3v) is 7.20. The molecule has 2 fully saturated rings. The molecule has 1 N–H and O–H groups in total. The number of aromatic amines is 1. The van der Waals surface area contributed by atoms with Crippen molar-refractivity contribution in [2.75, 3.05) is 52.9 Å². The average molecular weight is 464 g/mol. The Morgan fingerprint density at radius 1 is 0.941 bits per heavy atom. The Hall–Kier alpha value is -3.10. The molecule has 180 valence electrons. The summed E-state index contributed by atoms with van der Waals surface area (Å²) >= 11 is 0. The topological polar surface area (TPSA) is 73.8 Å². The quantitative estimate of drug-likeness (QED) is 0.607. The van der Waals surface area contributed by atoms with E-state index in [1.165, 1.54) is 5.56 Å². The third kappa shape index (κ3) is 4.88. The number of benzene rings is 2. The molecule has 3 heterocycles. The standard InChI is InChI=1S/C26H33N5O3/c1-34-22-8-6-20(7-9-22)18-29-14-16-30(17-15-29)25(32)19-28-12-10-21(11-13-28)31-24-5-3-2-4-23(24)27-26(31)33/h2-9,21H,10-19H2,1H3,(H,27,33). The summed E-state index contributed by atoms with van der Waals surface area (Å²) in [5.74, 6) is 1.09. The molecule has 0 saturated carbocycles. The molecule has 0 unspecified atom stereocenters. The number of hydrogen-bond acceptors (Lipinski definition) is 5. The van der Waals surface area contributed by atoms with E-state index in [2.05, 4.69) is 26.9 Å². The number of hydrogen-bond donors (Lipinski definition) is 1. The van der Waals surface area contributed by atoms with E-state index in [0.29, 0.717) is 6.54 Å². The highest BCUT2D eigenvalue weighted by Crippen LogP contribution is 2.25. The van der Waals surface area contributed by atoms with E-state index < -0.39 is 0 Å². The van der Waals surface area contributed by atoms with Crippen LogP contribution in [-0.2, 0) is 11.3 Å². The molecule has 0 radical (unpaired) electrons. The van der Waals surface area contributed by atoms with E-state index in [4.69, 9.17) is 4.74 Å². The number of carbonyl (C=O) groups excluding carboxylic acids is 1. The normalized spacial score (nSPS) is 18.4. The van der Waals surface area contributed by atoms with Gasteiger partial charge in [-0.25, -0.2) is 4.79 Å². The van der Waals surface area contributed by atoms with Crippen molar-refractivity contribution in [2.24, 2.45) is 0 Å². The fourth-order valence-corrected chi connectivity index (χ4v) is 5.21. The molecule has 1 aromatic heterocycles. The molecule has 3 aromatic rings. The second kappa shape index (κ2) is 10.0. The fraction of sp³-hybridized carbons (Fsp3) is 0.462. The van der Waals surface area contributed by atoms with Gasteiger partial charge in [0.25, 0.3) is 0 Å². The number of piperazine rings is 1. The third-order valence-electron chi connectivity index (χ3n) is 7.20. The average Bonchev–Trinajstić information content (AvgIpc) is 3.21. The summed E-state index contributed by atoms with van der Waals surface area (Å²) in [7, 11) is 1.68. The zero-order valence-electron chi connectivity index (χ0n) is 19.8. The van der Waals surface area contributed by atoms with Gasteiger partial charge in [0.15, 0.2) is 0 Å². The lowest BCUT2D eigenvalue weighted by Gasteiger charge is -2.37. The Balaban J connectivity index is 1.09. The van der Waals surface area contributed by atoms with Gasteiger partial charge in [0.05, 0.1) is 24.7 Å². The summed E-state index contributed by atoms with van der Waals surface area (Å²) in [4.78, 5) is 35.0. The van der Waals surface area contributed by atoms with Crippen LogP contribution >= 0.6 is 0 Å². The molecule has 8 nitrogen and oxygen atoms in total. The number of likely N-dealkylation sites (tertiary alicyclic amines) is 1. The number of fused-ring (bicyclic) bond motifs is 1. The first-order valence-electron chi connectivity index (χ1n) is 12.2. The van der Waals surface area contributed by atoms with Crippen LogP contribution in [0.5, 0.6) is 5.75 Å². The first-order chi connectivity index (χ1) is 16.6. The summed E-state index contributed by atoms with van der Waals surface area (Å²) in [6.45, 7) is 6.36. The lowest BCUT2D eigenvalue weighted by Crippen LogP contribution is -2.51. The Morgan fingerprint density at radius 2 is 1.65 bits per heavy atom. The number of ether oxygens (including phenoxy) is 1. The van der Waals surface area contributed by atoms with Gasteiger partial charge in [-0.2, -0.15) is 0 Å². The number of para-hydroxylation sites is 2. The largest absolute Gasteiger partial charge is 0.497 e. The smallest absolute Gasteiger partial charge is 0.326 e. The molecule has 2 aromatic carbocycles. The summed E-state index contributed by atoms with van der Waals surface area (Å²) in [6, 6.07) is 16.2. The van der Waals surface area contributed by atoms with Crippen molar-refractivity contribution in [1.29, 1.82) is 0 Å². The number of amides is 1. The predicted molar refractivity (Wildman–Crippen MR) is 132 cm³/mol. The van der Waals surface area contributed by atoms with Gasteiger partial charge < -0.3 is 14.6 Å². The van der Waals surface area contributed by atoms with Crippen LogP contribution in [0, 0.1) is 0 Å². The molecule has 1 amide bonds. The van der Waals surface area contributed by atoms with Crippen LogP contribution in [0.15, 0.2) is 53.3 Å². The fourth-order valence-electron chi connectivity index (χ4n) is 5.21. The van der Waals surface area contributed by atoms with Crippen LogP contribution in [0.25, 0.3) is 11.0 Å². The number of imidazole rings is 1. The second-order valence-corrected chi connectivity index (χ2v) is 9.33. The first kappa shape index (κ1) is 22.7. The van der Waals surface area contributed by atoms with Crippen molar-refractivity contribution in [1.82, 2.24) is 24.3 Å². The van der Waals surface area contributed by atoms with Gasteiger partial charge in [0, 0.05) is 51.9 Å². The Kier molecular flexibility index (Phi) is 6.69. The Labute approximate surface area is 199 Å². The minimum atomic E-state index is -0.0387. The molecule has 2 aliphatic heterocycles. The highest BCUT2D eigenvalue weighted by atomic mass is 16.5. The predicted octanol–water partition coefficient (Wildman–Crippen LogP) is 2.32. The number of methoxy groups -OCH3 is 1. The van der Waals surface area contributed by atoms with Crippen LogP contribution in [0.3, 0.4) is 0 Å². The van der Waals surface area contributed by atoms with Crippen molar-refractivity contribution < 1.29 is 9.53 Å². The minimum Gasteiger partial charge on any atom is -0.497 e. The van der Waals surface area contributed by atoms with Gasteiger partial charge in [-0.15, -0.1) is 0 Å². The van der Waals surface area contributed by atoms with Gasteiger partial charge in [0.2, 0.25) is 5.91 Å². The molecule has 0 atom stereocenters. The zero-order chi connectivity index (χ0) is 23.5. The Bertz CT molecular complexity index is 1170. The van der Waals surface area contributed by atoms with E-state index >= 15 is 0 Å².